The zero-order chi connectivity index (χ0) is 23.3. The van der Waals surface area contributed by atoms with E-state index in [0.717, 1.165) is 64.9 Å². The summed E-state index contributed by atoms with van der Waals surface area (Å²) < 4.78 is 24.5. The number of likely N-dealkylation sites (tertiary alicyclic amines) is 1. The summed E-state index contributed by atoms with van der Waals surface area (Å²) >= 11 is 0. The molecule has 1 aliphatic carbocycles. The first-order valence-electron chi connectivity index (χ1n) is 13.0. The first kappa shape index (κ1) is 23.6. The lowest BCUT2D eigenvalue weighted by atomic mass is 9.68. The third-order valence-electron chi connectivity index (χ3n) is 9.24. The number of nitrogens with zero attached hydrogens (tertiary/aromatic N) is 1. The second-order valence-corrected chi connectivity index (χ2v) is 11.5. The van der Waals surface area contributed by atoms with E-state index in [4.69, 9.17) is 18.9 Å². The molecule has 0 aromatic rings. The van der Waals surface area contributed by atoms with Crippen LogP contribution in [0.2, 0.25) is 0 Å². The van der Waals surface area contributed by atoms with Crippen LogP contribution in [0.5, 0.6) is 0 Å². The zero-order valence-electron chi connectivity index (χ0n) is 20.9. The monoisotopic (exact) mass is 462 g/mol. The van der Waals surface area contributed by atoms with Crippen LogP contribution in [-0.4, -0.2) is 80.4 Å². The second-order valence-electron chi connectivity index (χ2n) is 11.5. The van der Waals surface area contributed by atoms with Gasteiger partial charge in [0.25, 0.3) is 0 Å². The van der Waals surface area contributed by atoms with Crippen LogP contribution in [0.1, 0.15) is 65.7 Å². The van der Waals surface area contributed by atoms with Crippen molar-refractivity contribution in [2.75, 3.05) is 39.9 Å². The molecule has 0 radical (unpaired) electrons. The predicted octanol–water partition coefficient (Wildman–Crippen LogP) is 3.67. The molecule has 0 bridgehead atoms. The van der Waals surface area contributed by atoms with Crippen molar-refractivity contribution in [3.8, 4) is 0 Å². The van der Waals surface area contributed by atoms with Crippen LogP contribution in [0.15, 0.2) is 11.6 Å². The fourth-order valence-electron chi connectivity index (χ4n) is 6.90. The molecule has 7 nitrogen and oxygen atoms in total. The summed E-state index contributed by atoms with van der Waals surface area (Å²) in [6.45, 7) is 11.0. The van der Waals surface area contributed by atoms with Crippen molar-refractivity contribution in [3.05, 3.63) is 11.6 Å². The van der Waals surface area contributed by atoms with Gasteiger partial charge in [-0.1, -0.05) is 11.6 Å². The average molecular weight is 463 g/mol. The maximum atomic E-state index is 13.2. The zero-order valence-corrected chi connectivity index (χ0v) is 20.9. The van der Waals surface area contributed by atoms with E-state index in [9.17, 15) is 4.79 Å². The molecule has 5 aliphatic rings. The quantitative estimate of drug-likeness (QED) is 0.496. The Morgan fingerprint density at radius 2 is 1.85 bits per heavy atom. The van der Waals surface area contributed by atoms with Crippen molar-refractivity contribution in [1.29, 1.82) is 0 Å². The van der Waals surface area contributed by atoms with E-state index in [1.807, 2.05) is 4.90 Å². The van der Waals surface area contributed by atoms with Crippen molar-refractivity contribution in [3.63, 3.8) is 0 Å². The van der Waals surface area contributed by atoms with Crippen molar-refractivity contribution in [2.45, 2.75) is 95.2 Å². The molecule has 2 spiro atoms. The Bertz CT molecular complexity index is 761. The van der Waals surface area contributed by atoms with Crippen molar-refractivity contribution >= 4 is 6.09 Å². The molecule has 186 valence electrons. The lowest BCUT2D eigenvalue weighted by Crippen LogP contribution is -2.56. The number of allylic oxidation sites excluding steroid dienone is 1. The van der Waals surface area contributed by atoms with Crippen LogP contribution in [0, 0.1) is 11.3 Å². The van der Waals surface area contributed by atoms with E-state index in [0.29, 0.717) is 5.41 Å². The van der Waals surface area contributed by atoms with E-state index < -0.39 is 0 Å². The number of piperidine rings is 2. The number of epoxide rings is 2. The van der Waals surface area contributed by atoms with Gasteiger partial charge in [0.15, 0.2) is 0 Å². The number of hydrogen-bond donors (Lipinski definition) is 1. The van der Waals surface area contributed by atoms with E-state index >= 15 is 0 Å². The van der Waals surface area contributed by atoms with Gasteiger partial charge >= 0.3 is 6.09 Å². The summed E-state index contributed by atoms with van der Waals surface area (Å²) in [4.78, 5) is 15.1. The van der Waals surface area contributed by atoms with Gasteiger partial charge in [0.2, 0.25) is 0 Å². The number of amides is 1. The highest BCUT2D eigenvalue weighted by molar-refractivity contribution is 5.68. The van der Waals surface area contributed by atoms with Crippen LogP contribution in [0.25, 0.3) is 0 Å². The smallest absolute Gasteiger partial charge is 0.410 e. The fourth-order valence-corrected chi connectivity index (χ4v) is 6.90. The maximum absolute atomic E-state index is 13.2. The molecule has 4 saturated heterocycles. The lowest BCUT2D eigenvalue weighted by Gasteiger charge is -2.45. The normalized spacial score (nSPS) is 41.6. The van der Waals surface area contributed by atoms with E-state index in [2.05, 4.69) is 32.2 Å². The highest BCUT2D eigenvalue weighted by atomic mass is 16.6. The Labute approximate surface area is 198 Å². The van der Waals surface area contributed by atoms with Crippen LogP contribution in [0.4, 0.5) is 4.79 Å². The first-order chi connectivity index (χ1) is 15.8. The number of ether oxygens (including phenoxy) is 4. The van der Waals surface area contributed by atoms with Gasteiger partial charge in [-0.05, 0) is 84.2 Å². The standard InChI is InChI=1S/C26H42N2O5/c1-18(2)5-6-20-24(3,33-20)22-21(30-4)19(7-8-26(22)17-31-26)32-23(29)28-15-11-25(12-16-28)9-13-27-14-10-25/h5,19-22,27H,6-17H2,1-4H3/t19-,20-,21-,22-,24+,26+/m1/s1. The number of hydrogen-bond acceptors (Lipinski definition) is 6. The average Bonchev–Trinajstić information content (AvgIpc) is 3.72. The minimum absolute atomic E-state index is 0.0662. The lowest BCUT2D eigenvalue weighted by molar-refractivity contribution is -0.123. The van der Waals surface area contributed by atoms with Crippen LogP contribution in [0.3, 0.4) is 0 Å². The van der Waals surface area contributed by atoms with Gasteiger partial charge in [-0.25, -0.2) is 4.79 Å². The summed E-state index contributed by atoms with van der Waals surface area (Å²) in [7, 11) is 1.73. The summed E-state index contributed by atoms with van der Waals surface area (Å²) in [6.07, 6.45) is 8.92. The number of nitrogens with one attached hydrogen (secondary N) is 1. The van der Waals surface area contributed by atoms with Crippen molar-refractivity contribution < 1.29 is 23.7 Å². The third kappa shape index (κ3) is 4.46. The van der Waals surface area contributed by atoms with E-state index in [-0.39, 0.29) is 41.5 Å². The number of carbonyl (C=O) groups is 1. The molecule has 6 atom stereocenters. The largest absolute Gasteiger partial charge is 0.443 e. The predicted molar refractivity (Wildman–Crippen MR) is 125 cm³/mol. The molecule has 4 heterocycles. The minimum atomic E-state index is -0.305. The van der Waals surface area contributed by atoms with Crippen LogP contribution in [-0.2, 0) is 18.9 Å². The van der Waals surface area contributed by atoms with Gasteiger partial charge in [0.05, 0.1) is 18.6 Å². The molecule has 7 heteroatoms. The van der Waals surface area contributed by atoms with E-state index in [1.54, 1.807) is 7.11 Å². The van der Waals surface area contributed by atoms with Crippen molar-refractivity contribution in [2.24, 2.45) is 11.3 Å². The van der Waals surface area contributed by atoms with Gasteiger partial charge < -0.3 is 29.2 Å². The molecular formula is C26H42N2O5. The number of carbonyl (C=O) groups excluding carboxylic acids is 1. The molecule has 33 heavy (non-hydrogen) atoms. The highest BCUT2D eigenvalue weighted by Gasteiger charge is 2.72. The first-order valence-corrected chi connectivity index (χ1v) is 13.0. The summed E-state index contributed by atoms with van der Waals surface area (Å²) in [5.41, 5.74) is 1.23. The van der Waals surface area contributed by atoms with Gasteiger partial charge in [-0.2, -0.15) is 0 Å². The second kappa shape index (κ2) is 8.81. The summed E-state index contributed by atoms with van der Waals surface area (Å²) in [5, 5.41) is 3.46. The molecule has 4 aliphatic heterocycles. The third-order valence-corrected chi connectivity index (χ3v) is 9.24. The molecule has 0 aromatic carbocycles. The number of rotatable bonds is 5. The van der Waals surface area contributed by atoms with Gasteiger partial charge in [0.1, 0.15) is 23.4 Å². The molecule has 0 aromatic heterocycles. The molecule has 5 fully saturated rings. The highest BCUT2D eigenvalue weighted by Crippen LogP contribution is 2.59. The number of methoxy groups -OCH3 is 1. The van der Waals surface area contributed by atoms with Crippen LogP contribution >= 0.6 is 0 Å². The van der Waals surface area contributed by atoms with Crippen LogP contribution < -0.4 is 5.32 Å². The maximum Gasteiger partial charge on any atom is 0.410 e. The molecule has 0 unspecified atom stereocenters. The van der Waals surface area contributed by atoms with Gasteiger partial charge in [-0.15, -0.1) is 0 Å². The Hall–Kier alpha value is -1.15. The fraction of sp³-hybridized carbons (Fsp3) is 0.885. The molecule has 5 rings (SSSR count). The Morgan fingerprint density at radius 3 is 2.45 bits per heavy atom. The molecule has 1 N–H and O–H groups in total. The summed E-state index contributed by atoms with van der Waals surface area (Å²) in [6, 6.07) is 0. The van der Waals surface area contributed by atoms with Gasteiger partial charge in [0, 0.05) is 20.2 Å². The Kier molecular flexibility index (Phi) is 6.30. The molecule has 1 amide bonds. The molecular weight excluding hydrogens is 420 g/mol. The van der Waals surface area contributed by atoms with Crippen molar-refractivity contribution in [1.82, 2.24) is 10.2 Å². The molecule has 1 saturated carbocycles. The van der Waals surface area contributed by atoms with E-state index in [1.165, 1.54) is 18.4 Å². The minimum Gasteiger partial charge on any atom is -0.443 e. The summed E-state index contributed by atoms with van der Waals surface area (Å²) in [5.74, 6) is 0.0662. The Balaban J connectivity index is 1.23. The topological polar surface area (TPSA) is 75.9 Å². The Morgan fingerprint density at radius 1 is 1.15 bits per heavy atom. The van der Waals surface area contributed by atoms with Gasteiger partial charge in [-0.3, -0.25) is 0 Å². The SMILES string of the molecule is CO[C@@H]1[C@H](OC(=O)N2CCC3(CCNCC3)CC2)CC[C@]2(CO2)[C@H]1[C@@]1(C)O[C@@H]1CC=C(C)C.